The molecule has 0 N–H and O–H groups in total. The van der Waals surface area contributed by atoms with Gasteiger partial charge in [-0.2, -0.15) is 5.26 Å². The number of carbonyl (C=O) groups excluding carboxylic acids is 1. The Labute approximate surface area is 212 Å². The average molecular weight is 485 g/mol. The van der Waals surface area contributed by atoms with E-state index >= 15 is 0 Å². The normalized spacial score (nSPS) is 13.0. The van der Waals surface area contributed by atoms with E-state index in [0.29, 0.717) is 17.1 Å². The van der Waals surface area contributed by atoms with E-state index in [4.69, 9.17) is 16.9 Å². The second-order valence-corrected chi connectivity index (χ2v) is 9.12. The number of rotatable bonds is 9. The van der Waals surface area contributed by atoms with Gasteiger partial charge in [0.2, 0.25) is 0 Å². The molecule has 4 rings (SSSR count). The molecule has 3 aromatic rings. The summed E-state index contributed by atoms with van der Waals surface area (Å²) >= 11 is 6.41. The number of hydrogen-bond acceptors (Lipinski definition) is 4. The fourth-order valence-corrected chi connectivity index (χ4v) is 4.57. The van der Waals surface area contributed by atoms with Crippen LogP contribution in [0.4, 0.5) is 17.1 Å². The molecule has 0 unspecified atom stereocenters. The summed E-state index contributed by atoms with van der Waals surface area (Å²) in [4.78, 5) is 20.1. The van der Waals surface area contributed by atoms with Gasteiger partial charge in [-0.1, -0.05) is 60.1 Å². The number of anilines is 3. The molecule has 35 heavy (non-hydrogen) atoms. The molecule has 0 aliphatic carbocycles. The fraction of sp³-hybridized carbons (Fsp3) is 0.241. The van der Waals surface area contributed by atoms with E-state index in [0.717, 1.165) is 55.1 Å². The highest BCUT2D eigenvalue weighted by Crippen LogP contribution is 2.42. The molecule has 3 aromatic carbocycles. The van der Waals surface area contributed by atoms with E-state index < -0.39 is 0 Å². The summed E-state index contributed by atoms with van der Waals surface area (Å²) in [5.74, 6) is -0.0283. The minimum atomic E-state index is -0.0283. The minimum Gasteiger partial charge on any atom is -0.339 e. The maximum atomic E-state index is 13.8. The van der Waals surface area contributed by atoms with Crippen molar-refractivity contribution in [3.8, 4) is 6.07 Å². The highest BCUT2D eigenvalue weighted by molar-refractivity contribution is 6.31. The number of amides is 1. The summed E-state index contributed by atoms with van der Waals surface area (Å²) in [6.45, 7) is 2.93. The molecule has 1 amide bonds. The van der Waals surface area contributed by atoms with Gasteiger partial charge in [0.05, 0.1) is 35.2 Å². The number of halogens is 1. The molecule has 0 bridgehead atoms. The maximum absolute atomic E-state index is 13.8. The predicted octanol–water partition coefficient (Wildman–Crippen LogP) is 6.43. The summed E-state index contributed by atoms with van der Waals surface area (Å²) in [6, 6.07) is 25.7. The van der Waals surface area contributed by atoms with Crippen molar-refractivity contribution in [2.24, 2.45) is 0 Å². The number of fused-ring (bicyclic) bond motifs is 2. The largest absolute Gasteiger partial charge is 0.339 e. The van der Waals surface area contributed by atoms with Gasteiger partial charge in [-0.25, -0.2) is 0 Å². The number of unbranched alkanes of at least 4 members (excludes halogenated alkanes) is 1. The van der Waals surface area contributed by atoms with E-state index in [1.165, 1.54) is 6.08 Å². The van der Waals surface area contributed by atoms with E-state index in [2.05, 4.69) is 22.9 Å². The van der Waals surface area contributed by atoms with Crippen molar-refractivity contribution in [1.29, 1.82) is 5.26 Å². The third kappa shape index (κ3) is 5.92. The molecule has 0 aromatic heterocycles. The van der Waals surface area contributed by atoms with E-state index in [9.17, 15) is 4.79 Å². The number of hydrogen-bond donors (Lipinski definition) is 0. The van der Waals surface area contributed by atoms with Crippen LogP contribution in [-0.2, 0) is 6.54 Å². The number of carbonyl (C=O) groups is 1. The molecule has 1 heterocycles. The Hall–Kier alpha value is -3.59. The lowest BCUT2D eigenvalue weighted by atomic mass is 10.1. The standard InChI is InChI=1S/C29H29ClN4O/c1-32(18-8-7-17-31)19-9-10-20-33-26-13-5-6-14-27(26)34(22-23-11-3-2-4-12-23)29(35)25-16-15-24(30)21-28(25)33/h2-8,11-16,21H,9-10,18-20,22H2,1H3/b8-7+. The Kier molecular flexibility index (Phi) is 8.20. The van der Waals surface area contributed by atoms with Crippen molar-refractivity contribution >= 4 is 34.6 Å². The van der Waals surface area contributed by atoms with Crippen LogP contribution < -0.4 is 9.80 Å². The number of benzene rings is 3. The second-order valence-electron chi connectivity index (χ2n) is 8.68. The molecular formula is C29H29ClN4O. The summed E-state index contributed by atoms with van der Waals surface area (Å²) in [5.41, 5.74) is 4.47. The number of allylic oxidation sites excluding steroid dienone is 1. The zero-order chi connectivity index (χ0) is 24.6. The van der Waals surface area contributed by atoms with Gasteiger partial charge in [0, 0.05) is 24.2 Å². The number of nitriles is 1. The Bertz CT molecular complexity index is 1230. The molecule has 5 nitrogen and oxygen atoms in total. The Morgan fingerprint density at radius 2 is 1.66 bits per heavy atom. The number of para-hydroxylation sites is 2. The fourth-order valence-electron chi connectivity index (χ4n) is 4.41. The SMILES string of the molecule is CN(C/C=C/C#N)CCCCN1c2cc(Cl)ccc2C(=O)N(Cc2ccccc2)c2ccccc21. The van der Waals surface area contributed by atoms with Crippen molar-refractivity contribution in [3.05, 3.63) is 101 Å². The van der Waals surface area contributed by atoms with Crippen LogP contribution in [-0.4, -0.2) is 37.5 Å². The first kappa shape index (κ1) is 24.5. The molecule has 1 aliphatic heterocycles. The molecule has 1 aliphatic rings. The van der Waals surface area contributed by atoms with Gasteiger partial charge in [0.1, 0.15) is 0 Å². The monoisotopic (exact) mass is 484 g/mol. The Morgan fingerprint density at radius 3 is 2.40 bits per heavy atom. The topological polar surface area (TPSA) is 50.6 Å². The first-order valence-corrected chi connectivity index (χ1v) is 12.2. The van der Waals surface area contributed by atoms with Gasteiger partial charge in [-0.15, -0.1) is 0 Å². The summed E-state index contributed by atoms with van der Waals surface area (Å²) < 4.78 is 0. The quantitative estimate of drug-likeness (QED) is 0.259. The molecule has 0 radical (unpaired) electrons. The predicted molar refractivity (Wildman–Crippen MR) is 143 cm³/mol. The molecule has 0 fully saturated rings. The van der Waals surface area contributed by atoms with Gasteiger partial charge < -0.3 is 14.7 Å². The summed E-state index contributed by atoms with van der Waals surface area (Å²) in [6.07, 6.45) is 5.33. The van der Waals surface area contributed by atoms with Gasteiger partial charge in [0.15, 0.2) is 0 Å². The number of nitrogens with zero attached hydrogens (tertiary/aromatic N) is 4. The van der Waals surface area contributed by atoms with E-state index in [1.807, 2.05) is 77.7 Å². The van der Waals surface area contributed by atoms with Gasteiger partial charge >= 0.3 is 0 Å². The maximum Gasteiger partial charge on any atom is 0.260 e. The zero-order valence-corrected chi connectivity index (χ0v) is 20.7. The van der Waals surface area contributed by atoms with Gasteiger partial charge in [0.25, 0.3) is 5.91 Å². The molecular weight excluding hydrogens is 456 g/mol. The molecule has 178 valence electrons. The lowest BCUT2D eigenvalue weighted by molar-refractivity contribution is 0.0986. The second kappa shape index (κ2) is 11.7. The van der Waals surface area contributed by atoms with Crippen molar-refractivity contribution in [3.63, 3.8) is 0 Å². The van der Waals surface area contributed by atoms with Gasteiger partial charge in [-0.05, 0) is 62.3 Å². The van der Waals surface area contributed by atoms with Crippen molar-refractivity contribution in [2.45, 2.75) is 19.4 Å². The van der Waals surface area contributed by atoms with E-state index in [1.54, 1.807) is 6.07 Å². The lowest BCUT2D eigenvalue weighted by Crippen LogP contribution is -2.29. The first-order chi connectivity index (χ1) is 17.1. The molecule has 0 spiro atoms. The van der Waals surface area contributed by atoms with Crippen LogP contribution in [0.15, 0.2) is 84.9 Å². The summed E-state index contributed by atoms with van der Waals surface area (Å²) in [7, 11) is 2.05. The van der Waals surface area contributed by atoms with E-state index in [-0.39, 0.29) is 5.91 Å². The Morgan fingerprint density at radius 1 is 0.943 bits per heavy atom. The lowest BCUT2D eigenvalue weighted by Gasteiger charge is -2.28. The van der Waals surface area contributed by atoms with Crippen LogP contribution in [0, 0.1) is 11.3 Å². The molecule has 0 atom stereocenters. The van der Waals surface area contributed by atoms with Gasteiger partial charge in [-0.3, -0.25) is 4.79 Å². The van der Waals surface area contributed by atoms with Crippen molar-refractivity contribution in [1.82, 2.24) is 4.90 Å². The zero-order valence-electron chi connectivity index (χ0n) is 19.9. The number of likely N-dealkylation sites (N-methyl/N-ethyl adjacent to an activating group) is 1. The van der Waals surface area contributed by atoms with Crippen LogP contribution in [0.2, 0.25) is 5.02 Å². The molecule has 6 heteroatoms. The van der Waals surface area contributed by atoms with Crippen molar-refractivity contribution < 1.29 is 4.79 Å². The van der Waals surface area contributed by atoms with Crippen LogP contribution >= 0.6 is 11.6 Å². The highest BCUT2D eigenvalue weighted by Gasteiger charge is 2.31. The summed E-state index contributed by atoms with van der Waals surface area (Å²) in [5, 5.41) is 9.27. The Balaban J connectivity index is 1.62. The van der Waals surface area contributed by atoms with Crippen LogP contribution in [0.1, 0.15) is 28.8 Å². The van der Waals surface area contributed by atoms with Crippen LogP contribution in [0.3, 0.4) is 0 Å². The van der Waals surface area contributed by atoms with Crippen LogP contribution in [0.25, 0.3) is 0 Å². The molecule has 0 saturated heterocycles. The highest BCUT2D eigenvalue weighted by atomic mass is 35.5. The smallest absolute Gasteiger partial charge is 0.260 e. The van der Waals surface area contributed by atoms with Crippen molar-refractivity contribution in [2.75, 3.05) is 36.5 Å². The van der Waals surface area contributed by atoms with Crippen LogP contribution in [0.5, 0.6) is 0 Å². The molecule has 0 saturated carbocycles. The third-order valence-corrected chi connectivity index (χ3v) is 6.39. The third-order valence-electron chi connectivity index (χ3n) is 6.15. The average Bonchev–Trinajstić information content (AvgIpc) is 2.96. The first-order valence-electron chi connectivity index (χ1n) is 11.8. The minimum absolute atomic E-state index is 0.0283.